The lowest BCUT2D eigenvalue weighted by molar-refractivity contribution is -0.126. The molecule has 1 aliphatic heterocycles. The van der Waals surface area contributed by atoms with Gasteiger partial charge in [-0.1, -0.05) is 38.5 Å². The van der Waals surface area contributed by atoms with Gasteiger partial charge in [0.25, 0.3) is 0 Å². The van der Waals surface area contributed by atoms with E-state index >= 15 is 0 Å². The fourth-order valence-electron chi connectivity index (χ4n) is 3.36. The maximum atomic E-state index is 10.4. The van der Waals surface area contributed by atoms with Gasteiger partial charge in [-0.05, 0) is 25.7 Å². The molecule has 11 heteroatoms. The third kappa shape index (κ3) is 10.6. The quantitative estimate of drug-likeness (QED) is 0.303. The van der Waals surface area contributed by atoms with E-state index in [0.717, 1.165) is 0 Å². The van der Waals surface area contributed by atoms with E-state index in [4.69, 9.17) is 36.6 Å². The standard InChI is InChI=1S/2C6H13N.C5H11O8P/c2*7-6-4-2-1-3-5-6;6-1-2-3(7)4(8)5(12-2)13-14(9,10)11/h2*6H,1-5,7H2;2-8H,1H2,(H2,9,10,11)/t;;2-,3+,4?,5?/m..1/s1. The van der Waals surface area contributed by atoms with Crippen LogP contribution >= 0.6 is 7.82 Å². The van der Waals surface area contributed by atoms with Crippen LogP contribution in [0.4, 0.5) is 0 Å². The number of rotatable bonds is 3. The second-order valence-corrected chi connectivity index (χ2v) is 8.79. The lowest BCUT2D eigenvalue weighted by atomic mass is 9.97. The van der Waals surface area contributed by atoms with E-state index < -0.39 is 39.0 Å². The first-order valence-electron chi connectivity index (χ1n) is 10.0. The number of phosphoric acid groups is 1. The molecule has 3 fully saturated rings. The SMILES string of the molecule is NC1CCCCC1.NC1CCCCC1.O=P(O)(O)OC1O[C@H](CO)[C@H](O)C1O. The number of nitrogens with two attached hydrogens (primary N) is 2. The van der Waals surface area contributed by atoms with Gasteiger partial charge in [-0.2, -0.15) is 0 Å². The maximum Gasteiger partial charge on any atom is 0.472 e. The number of hydrogen-bond donors (Lipinski definition) is 7. The average molecular weight is 428 g/mol. The Morgan fingerprint density at radius 1 is 0.857 bits per heavy atom. The van der Waals surface area contributed by atoms with Crippen LogP contribution in [-0.2, 0) is 13.8 Å². The molecule has 2 aliphatic carbocycles. The Balaban J connectivity index is 0.000000233. The minimum absolute atomic E-state index is 0.536. The fraction of sp³-hybridized carbons (Fsp3) is 1.00. The van der Waals surface area contributed by atoms with Crippen molar-refractivity contribution in [2.24, 2.45) is 11.5 Å². The van der Waals surface area contributed by atoms with Crippen LogP contribution in [0, 0.1) is 0 Å². The van der Waals surface area contributed by atoms with Crippen LogP contribution in [0.1, 0.15) is 64.2 Å². The van der Waals surface area contributed by atoms with Crippen molar-refractivity contribution >= 4 is 7.82 Å². The highest BCUT2D eigenvalue weighted by Crippen LogP contribution is 2.40. The third-order valence-corrected chi connectivity index (χ3v) is 5.52. The van der Waals surface area contributed by atoms with Gasteiger partial charge in [0.1, 0.15) is 18.3 Å². The van der Waals surface area contributed by atoms with Gasteiger partial charge in [0.05, 0.1) is 6.61 Å². The monoisotopic (exact) mass is 428 g/mol. The first-order chi connectivity index (χ1) is 13.1. The molecule has 10 nitrogen and oxygen atoms in total. The van der Waals surface area contributed by atoms with E-state index in [1.165, 1.54) is 64.2 Å². The molecule has 2 saturated carbocycles. The second-order valence-electron chi connectivity index (χ2n) is 7.60. The van der Waals surface area contributed by atoms with Crippen molar-refractivity contribution in [2.45, 2.75) is 101 Å². The summed E-state index contributed by atoms with van der Waals surface area (Å²) in [5, 5.41) is 26.9. The van der Waals surface area contributed by atoms with Gasteiger partial charge in [-0.15, -0.1) is 0 Å². The summed E-state index contributed by atoms with van der Waals surface area (Å²) in [5.74, 6) is 0. The molecule has 28 heavy (non-hydrogen) atoms. The summed E-state index contributed by atoms with van der Waals surface area (Å²) in [6.45, 7) is -0.584. The molecule has 3 aliphatic rings. The summed E-state index contributed by atoms with van der Waals surface area (Å²) in [4.78, 5) is 16.8. The zero-order chi connectivity index (χ0) is 21.2. The van der Waals surface area contributed by atoms with Gasteiger partial charge >= 0.3 is 7.82 Å². The average Bonchev–Trinajstić information content (AvgIpc) is 2.90. The van der Waals surface area contributed by atoms with Crippen LogP contribution < -0.4 is 11.5 Å². The Bertz CT molecular complexity index is 438. The van der Waals surface area contributed by atoms with E-state index in [2.05, 4.69) is 9.26 Å². The first-order valence-corrected chi connectivity index (χ1v) is 11.5. The predicted molar refractivity (Wildman–Crippen MR) is 103 cm³/mol. The molecule has 0 aromatic heterocycles. The second kappa shape index (κ2) is 13.2. The highest BCUT2D eigenvalue weighted by molar-refractivity contribution is 7.46. The van der Waals surface area contributed by atoms with Crippen LogP contribution in [0.25, 0.3) is 0 Å². The van der Waals surface area contributed by atoms with Crippen molar-refractivity contribution in [3.8, 4) is 0 Å². The Labute approximate surface area is 166 Å². The first kappa shape index (κ1) is 25.9. The van der Waals surface area contributed by atoms with Gasteiger partial charge in [0.15, 0.2) is 6.29 Å². The summed E-state index contributed by atoms with van der Waals surface area (Å²) >= 11 is 0. The van der Waals surface area contributed by atoms with E-state index in [0.29, 0.717) is 12.1 Å². The molecule has 2 unspecified atom stereocenters. The molecule has 0 aromatic carbocycles. The summed E-state index contributed by atoms with van der Waals surface area (Å²) in [7, 11) is -4.79. The molecule has 0 aromatic rings. The Kier molecular flexibility index (Phi) is 12.2. The number of aliphatic hydroxyl groups excluding tert-OH is 3. The molecule has 3 rings (SSSR count). The Hall–Kier alpha value is -0.130. The highest BCUT2D eigenvalue weighted by atomic mass is 31.2. The lowest BCUT2D eigenvalue weighted by Gasteiger charge is -2.15. The Morgan fingerprint density at radius 2 is 1.29 bits per heavy atom. The van der Waals surface area contributed by atoms with E-state index in [1.807, 2.05) is 0 Å². The molecule has 1 heterocycles. The summed E-state index contributed by atoms with van der Waals surface area (Å²) in [6.07, 6.45) is 7.55. The maximum absolute atomic E-state index is 10.4. The van der Waals surface area contributed by atoms with Crippen molar-refractivity contribution in [1.82, 2.24) is 0 Å². The zero-order valence-corrected chi connectivity index (χ0v) is 17.2. The van der Waals surface area contributed by atoms with E-state index in [9.17, 15) is 4.57 Å². The number of phosphoric ester groups is 1. The van der Waals surface area contributed by atoms with Crippen LogP contribution in [0.15, 0.2) is 0 Å². The van der Waals surface area contributed by atoms with Gasteiger partial charge in [0, 0.05) is 12.1 Å². The molecule has 4 atom stereocenters. The number of ether oxygens (including phenoxy) is 1. The normalized spacial score (nSPS) is 32.1. The van der Waals surface area contributed by atoms with Crippen LogP contribution in [0.5, 0.6) is 0 Å². The molecular formula is C17H37N2O8P. The highest BCUT2D eigenvalue weighted by Gasteiger charge is 2.45. The van der Waals surface area contributed by atoms with Gasteiger partial charge < -0.3 is 41.3 Å². The molecule has 0 bridgehead atoms. The minimum atomic E-state index is -4.79. The number of hydrogen-bond acceptors (Lipinski definition) is 8. The lowest BCUT2D eigenvalue weighted by Crippen LogP contribution is -2.34. The molecule has 1 saturated heterocycles. The summed E-state index contributed by atoms with van der Waals surface area (Å²) < 4.78 is 19.1. The topological polar surface area (TPSA) is 189 Å². The Morgan fingerprint density at radius 3 is 1.54 bits per heavy atom. The van der Waals surface area contributed by atoms with Gasteiger partial charge in [0.2, 0.25) is 0 Å². The van der Waals surface area contributed by atoms with Crippen molar-refractivity contribution in [2.75, 3.05) is 6.61 Å². The molecule has 9 N–H and O–H groups in total. The van der Waals surface area contributed by atoms with Crippen LogP contribution in [-0.4, -0.2) is 68.4 Å². The van der Waals surface area contributed by atoms with E-state index in [1.54, 1.807) is 0 Å². The molecule has 0 radical (unpaired) electrons. The van der Waals surface area contributed by atoms with E-state index in [-0.39, 0.29) is 0 Å². The fourth-order valence-corrected chi connectivity index (χ4v) is 3.80. The molecular weight excluding hydrogens is 391 g/mol. The van der Waals surface area contributed by atoms with Gasteiger partial charge in [-0.3, -0.25) is 4.52 Å². The van der Waals surface area contributed by atoms with Crippen LogP contribution in [0.2, 0.25) is 0 Å². The predicted octanol–water partition coefficient (Wildman–Crippen LogP) is 0.0903. The van der Waals surface area contributed by atoms with Crippen molar-refractivity contribution < 1.29 is 38.9 Å². The minimum Gasteiger partial charge on any atom is -0.394 e. The van der Waals surface area contributed by atoms with Gasteiger partial charge in [-0.25, -0.2) is 4.57 Å². The largest absolute Gasteiger partial charge is 0.472 e. The number of aliphatic hydroxyl groups is 3. The smallest absolute Gasteiger partial charge is 0.394 e. The molecule has 168 valence electrons. The molecule has 0 spiro atoms. The molecule has 0 amide bonds. The van der Waals surface area contributed by atoms with Crippen molar-refractivity contribution in [3.63, 3.8) is 0 Å². The van der Waals surface area contributed by atoms with Crippen molar-refractivity contribution in [1.29, 1.82) is 0 Å². The third-order valence-electron chi connectivity index (χ3n) is 5.04. The summed E-state index contributed by atoms with van der Waals surface area (Å²) in [6, 6.07) is 1.07. The zero-order valence-electron chi connectivity index (χ0n) is 16.3. The van der Waals surface area contributed by atoms with Crippen molar-refractivity contribution in [3.05, 3.63) is 0 Å². The van der Waals surface area contributed by atoms with Crippen LogP contribution in [0.3, 0.4) is 0 Å². The summed E-state index contributed by atoms with van der Waals surface area (Å²) in [5.41, 5.74) is 11.3.